The van der Waals surface area contributed by atoms with E-state index in [4.69, 9.17) is 4.74 Å². The maximum atomic E-state index is 11.7. The Morgan fingerprint density at radius 2 is 2.40 bits per heavy atom. The third kappa shape index (κ3) is 3.70. The number of anilines is 1. The highest BCUT2D eigenvalue weighted by Crippen LogP contribution is 2.21. The Morgan fingerprint density at radius 1 is 1.55 bits per heavy atom. The predicted octanol–water partition coefficient (Wildman–Crippen LogP) is 2.04. The molecule has 1 N–H and O–H groups in total. The molecule has 2 heterocycles. The molecule has 1 saturated heterocycles. The highest BCUT2D eigenvalue weighted by molar-refractivity contribution is 5.75. The summed E-state index contributed by atoms with van der Waals surface area (Å²) in [7, 11) is 1.45. The lowest BCUT2D eigenvalue weighted by Gasteiger charge is -2.22. The van der Waals surface area contributed by atoms with Crippen LogP contribution in [0.5, 0.6) is 0 Å². The van der Waals surface area contributed by atoms with Crippen molar-refractivity contribution in [1.82, 2.24) is 9.88 Å². The number of esters is 1. The minimum absolute atomic E-state index is 0.0992. The van der Waals surface area contributed by atoms with Crippen molar-refractivity contribution in [1.29, 1.82) is 0 Å². The third-order valence-electron chi connectivity index (χ3n) is 3.60. The summed E-state index contributed by atoms with van der Waals surface area (Å²) in [5.41, 5.74) is 1.13. The molecule has 0 radical (unpaired) electrons. The molecule has 0 amide bonds. The van der Waals surface area contributed by atoms with Crippen molar-refractivity contribution in [3.63, 3.8) is 0 Å². The van der Waals surface area contributed by atoms with Crippen LogP contribution in [0.15, 0.2) is 18.3 Å². The highest BCUT2D eigenvalue weighted by atomic mass is 16.5. The predicted molar refractivity (Wildman–Crippen MR) is 78.5 cm³/mol. The molecule has 1 aromatic rings. The van der Waals surface area contributed by atoms with Gasteiger partial charge >= 0.3 is 5.97 Å². The molecule has 1 fully saturated rings. The van der Waals surface area contributed by atoms with E-state index in [1.54, 1.807) is 0 Å². The van der Waals surface area contributed by atoms with Gasteiger partial charge < -0.3 is 10.1 Å². The van der Waals surface area contributed by atoms with E-state index in [2.05, 4.69) is 28.2 Å². The topological polar surface area (TPSA) is 54.5 Å². The van der Waals surface area contributed by atoms with E-state index >= 15 is 0 Å². The molecule has 5 heteroatoms. The summed E-state index contributed by atoms with van der Waals surface area (Å²) in [6, 6.07) is 3.96. The lowest BCUT2D eigenvalue weighted by Crippen LogP contribution is -2.36. The van der Waals surface area contributed by atoms with Crippen LogP contribution in [0.3, 0.4) is 0 Å². The molecule has 1 aliphatic rings. The SMILES string of the molecule is CCCNc1ccc(CN2CCCC2C(=O)OC)cn1. The molecule has 0 aliphatic carbocycles. The van der Waals surface area contributed by atoms with Crippen molar-refractivity contribution in [3.8, 4) is 0 Å². The van der Waals surface area contributed by atoms with E-state index in [0.717, 1.165) is 50.3 Å². The minimum atomic E-state index is -0.128. The van der Waals surface area contributed by atoms with Gasteiger partial charge in [-0.2, -0.15) is 0 Å². The van der Waals surface area contributed by atoms with Crippen LogP contribution < -0.4 is 5.32 Å². The van der Waals surface area contributed by atoms with Gasteiger partial charge in [0.15, 0.2) is 0 Å². The van der Waals surface area contributed by atoms with Crippen molar-refractivity contribution in [2.45, 2.75) is 38.8 Å². The summed E-state index contributed by atoms with van der Waals surface area (Å²) in [6.45, 7) is 4.75. The molecular formula is C15H23N3O2. The average Bonchev–Trinajstić information content (AvgIpc) is 2.94. The average molecular weight is 277 g/mol. The van der Waals surface area contributed by atoms with Gasteiger partial charge in [0.05, 0.1) is 7.11 Å². The van der Waals surface area contributed by atoms with Crippen molar-refractivity contribution < 1.29 is 9.53 Å². The fraction of sp³-hybridized carbons (Fsp3) is 0.600. The Kier molecular flexibility index (Phi) is 5.35. The summed E-state index contributed by atoms with van der Waals surface area (Å²) in [6.07, 6.45) is 4.89. The van der Waals surface area contributed by atoms with Gasteiger partial charge in [-0.1, -0.05) is 13.0 Å². The quantitative estimate of drug-likeness (QED) is 0.806. The second-order valence-electron chi connectivity index (χ2n) is 5.13. The largest absolute Gasteiger partial charge is 0.468 e. The van der Waals surface area contributed by atoms with Crippen LogP contribution in [-0.4, -0.2) is 42.1 Å². The number of likely N-dealkylation sites (tertiary alicyclic amines) is 1. The Balaban J connectivity index is 1.93. The molecule has 110 valence electrons. The monoisotopic (exact) mass is 277 g/mol. The van der Waals surface area contributed by atoms with Crippen LogP contribution in [0.25, 0.3) is 0 Å². The first kappa shape index (κ1) is 14.8. The number of hydrogen-bond acceptors (Lipinski definition) is 5. The highest BCUT2D eigenvalue weighted by Gasteiger charge is 2.31. The lowest BCUT2D eigenvalue weighted by atomic mass is 10.2. The number of pyridine rings is 1. The smallest absolute Gasteiger partial charge is 0.323 e. The number of carbonyl (C=O) groups excluding carboxylic acids is 1. The van der Waals surface area contributed by atoms with E-state index in [1.807, 2.05) is 12.3 Å². The first-order chi connectivity index (χ1) is 9.74. The molecule has 1 atom stereocenters. The van der Waals surface area contributed by atoms with E-state index in [9.17, 15) is 4.79 Å². The number of nitrogens with zero attached hydrogens (tertiary/aromatic N) is 2. The number of nitrogens with one attached hydrogen (secondary N) is 1. The summed E-state index contributed by atoms with van der Waals surface area (Å²) in [5, 5.41) is 3.25. The molecule has 0 aromatic carbocycles. The normalized spacial score (nSPS) is 19.0. The Hall–Kier alpha value is -1.62. The van der Waals surface area contributed by atoms with E-state index < -0.39 is 0 Å². The van der Waals surface area contributed by atoms with Crippen LogP contribution >= 0.6 is 0 Å². The molecule has 0 bridgehead atoms. The van der Waals surface area contributed by atoms with Gasteiger partial charge in [-0.3, -0.25) is 9.69 Å². The lowest BCUT2D eigenvalue weighted by molar-refractivity contribution is -0.146. The second kappa shape index (κ2) is 7.24. The van der Waals surface area contributed by atoms with Gasteiger partial charge in [0, 0.05) is 19.3 Å². The first-order valence-corrected chi connectivity index (χ1v) is 7.25. The van der Waals surface area contributed by atoms with Gasteiger partial charge in [0.25, 0.3) is 0 Å². The summed E-state index contributed by atoms with van der Waals surface area (Å²) in [4.78, 5) is 18.3. The molecule has 0 spiro atoms. The van der Waals surface area contributed by atoms with Gasteiger partial charge in [0.2, 0.25) is 0 Å². The summed E-state index contributed by atoms with van der Waals surface area (Å²) < 4.78 is 4.86. The second-order valence-corrected chi connectivity index (χ2v) is 5.13. The van der Waals surface area contributed by atoms with Crippen LogP contribution in [-0.2, 0) is 16.1 Å². The number of carbonyl (C=O) groups is 1. The van der Waals surface area contributed by atoms with Crippen LogP contribution in [0, 0.1) is 0 Å². The van der Waals surface area contributed by atoms with Gasteiger partial charge in [-0.25, -0.2) is 4.98 Å². The molecule has 2 rings (SSSR count). The standard InChI is InChI=1S/C15H23N3O2/c1-3-8-16-14-7-6-12(10-17-14)11-18-9-4-5-13(18)15(19)20-2/h6-7,10,13H,3-5,8-9,11H2,1-2H3,(H,16,17). The van der Waals surface area contributed by atoms with Crippen molar-refractivity contribution in [3.05, 3.63) is 23.9 Å². The Labute approximate surface area is 120 Å². The van der Waals surface area contributed by atoms with Gasteiger partial charge in [-0.15, -0.1) is 0 Å². The molecule has 5 nitrogen and oxygen atoms in total. The minimum Gasteiger partial charge on any atom is -0.468 e. The fourth-order valence-corrected chi connectivity index (χ4v) is 2.53. The zero-order valence-electron chi connectivity index (χ0n) is 12.3. The Bertz CT molecular complexity index is 433. The van der Waals surface area contributed by atoms with Gasteiger partial charge in [0.1, 0.15) is 11.9 Å². The number of ether oxygens (including phenoxy) is 1. The third-order valence-corrected chi connectivity index (χ3v) is 3.60. The molecule has 1 unspecified atom stereocenters. The summed E-state index contributed by atoms with van der Waals surface area (Å²) in [5.74, 6) is 0.776. The van der Waals surface area contributed by atoms with E-state index in [0.29, 0.717) is 0 Å². The van der Waals surface area contributed by atoms with Crippen molar-refractivity contribution in [2.75, 3.05) is 25.5 Å². The Morgan fingerprint density at radius 3 is 3.05 bits per heavy atom. The van der Waals surface area contributed by atoms with Crippen molar-refractivity contribution >= 4 is 11.8 Å². The van der Waals surface area contributed by atoms with Crippen LogP contribution in [0.1, 0.15) is 31.7 Å². The number of rotatable bonds is 6. The zero-order valence-corrected chi connectivity index (χ0v) is 12.3. The van der Waals surface area contributed by atoms with E-state index in [1.165, 1.54) is 7.11 Å². The maximum Gasteiger partial charge on any atom is 0.323 e. The van der Waals surface area contributed by atoms with Crippen molar-refractivity contribution in [2.24, 2.45) is 0 Å². The van der Waals surface area contributed by atoms with Crippen LogP contribution in [0.4, 0.5) is 5.82 Å². The number of methoxy groups -OCH3 is 1. The molecule has 1 aromatic heterocycles. The summed E-state index contributed by atoms with van der Waals surface area (Å²) >= 11 is 0. The fourth-order valence-electron chi connectivity index (χ4n) is 2.53. The number of aromatic nitrogens is 1. The first-order valence-electron chi connectivity index (χ1n) is 7.25. The molecule has 0 saturated carbocycles. The van der Waals surface area contributed by atoms with Gasteiger partial charge in [-0.05, 0) is 37.4 Å². The number of hydrogen-bond donors (Lipinski definition) is 1. The maximum absolute atomic E-state index is 11.7. The van der Waals surface area contributed by atoms with Crippen LogP contribution in [0.2, 0.25) is 0 Å². The molecule has 20 heavy (non-hydrogen) atoms. The van der Waals surface area contributed by atoms with E-state index in [-0.39, 0.29) is 12.0 Å². The zero-order chi connectivity index (χ0) is 14.4. The molecular weight excluding hydrogens is 254 g/mol. The molecule has 1 aliphatic heterocycles.